The monoisotopic (exact) mass is 582 g/mol. The number of anilines is 1. The minimum Gasteiger partial charge on any atom is -0.497 e. The number of H-pyrrole nitrogens is 1. The highest BCUT2D eigenvalue weighted by atomic mass is 19.1. The maximum absolute atomic E-state index is 15.3. The maximum Gasteiger partial charge on any atom is 0.280 e. The number of imidazole rings is 1. The fourth-order valence-corrected chi connectivity index (χ4v) is 5.52. The van der Waals surface area contributed by atoms with Crippen LogP contribution in [0, 0.1) is 11.3 Å². The Bertz CT molecular complexity index is 1800. The molecule has 11 nitrogen and oxygen atoms in total. The predicted octanol–water partition coefficient (Wildman–Crippen LogP) is 3.01. The second kappa shape index (κ2) is 11.0. The van der Waals surface area contributed by atoms with Gasteiger partial charge in [0.25, 0.3) is 5.56 Å². The number of methoxy groups -OCH3 is 1. The third-order valence-electron chi connectivity index (χ3n) is 7.76. The van der Waals surface area contributed by atoms with E-state index in [-0.39, 0.29) is 17.1 Å². The molecule has 0 unspecified atom stereocenters. The van der Waals surface area contributed by atoms with Crippen molar-refractivity contribution in [1.29, 1.82) is 5.26 Å². The molecule has 5 aromatic rings. The van der Waals surface area contributed by atoms with Gasteiger partial charge in [-0.3, -0.25) is 14.3 Å². The Kier molecular flexibility index (Phi) is 7.15. The molecule has 3 aromatic carbocycles. The van der Waals surface area contributed by atoms with Crippen molar-refractivity contribution in [1.82, 2.24) is 19.5 Å². The summed E-state index contributed by atoms with van der Waals surface area (Å²) in [5.41, 5.74) is -1.59. The average Bonchev–Trinajstić information content (AvgIpc) is 3.59. The molecule has 0 radical (unpaired) electrons. The molecule has 12 heteroatoms. The lowest BCUT2D eigenvalue weighted by molar-refractivity contribution is -0.0912. The standard InChI is InChI=1S/C31H27FN6O5/c1-42-22-14-12-21(13-15-22)31(19-8-4-2-5-9-19,20-10-6-3-7-11-20)37-29-35-26-24(27(41)36-29)34-18-38(26)28-23(32)25(40)30(16-33,17-39)43-28/h2-15,18,23,25,28,39-40H,17H2,1H3,(H2,35,36,37,41)/t23-,25+,28-,30-/m1/s1. The van der Waals surface area contributed by atoms with Gasteiger partial charge in [-0.15, -0.1) is 0 Å². The van der Waals surface area contributed by atoms with Gasteiger partial charge in [-0.2, -0.15) is 10.2 Å². The number of nitrogens with zero attached hydrogens (tertiary/aromatic N) is 4. The van der Waals surface area contributed by atoms with Gasteiger partial charge in [-0.05, 0) is 28.8 Å². The first-order valence-corrected chi connectivity index (χ1v) is 13.4. The summed E-state index contributed by atoms with van der Waals surface area (Å²) < 4.78 is 27.4. The number of aromatic amines is 1. The Balaban J connectivity index is 1.54. The van der Waals surface area contributed by atoms with Gasteiger partial charge < -0.3 is 25.0 Å². The summed E-state index contributed by atoms with van der Waals surface area (Å²) in [5.74, 6) is 0.692. The van der Waals surface area contributed by atoms with E-state index in [0.717, 1.165) is 27.6 Å². The SMILES string of the molecule is COc1ccc(C(Nc2nc3c(ncn3[C@@H]3O[C@](C#N)(CO)[C@@H](O)[C@H]3F)c(=O)[nH]2)(c2ccccc2)c2ccccc2)cc1. The Morgan fingerprint density at radius 3 is 2.23 bits per heavy atom. The molecule has 218 valence electrons. The molecule has 0 spiro atoms. The van der Waals surface area contributed by atoms with Crippen LogP contribution < -0.4 is 15.6 Å². The van der Waals surface area contributed by atoms with E-state index in [1.165, 1.54) is 0 Å². The zero-order chi connectivity index (χ0) is 30.2. The van der Waals surface area contributed by atoms with Gasteiger partial charge in [0, 0.05) is 0 Å². The molecule has 1 saturated heterocycles. The number of aliphatic hydroxyl groups is 2. The van der Waals surface area contributed by atoms with Crippen LogP contribution in [0.4, 0.5) is 10.3 Å². The van der Waals surface area contributed by atoms with Crippen LogP contribution in [0.1, 0.15) is 22.9 Å². The van der Waals surface area contributed by atoms with Crippen molar-refractivity contribution >= 4 is 17.1 Å². The third-order valence-corrected chi connectivity index (χ3v) is 7.76. The van der Waals surface area contributed by atoms with Gasteiger partial charge >= 0.3 is 0 Å². The predicted molar refractivity (Wildman–Crippen MR) is 154 cm³/mol. The van der Waals surface area contributed by atoms with E-state index in [0.29, 0.717) is 5.75 Å². The van der Waals surface area contributed by atoms with Gasteiger partial charge in [-0.1, -0.05) is 72.8 Å². The summed E-state index contributed by atoms with van der Waals surface area (Å²) in [5, 5.41) is 33.1. The minimum absolute atomic E-state index is 0.0328. The molecule has 6 rings (SSSR count). The van der Waals surface area contributed by atoms with Crippen molar-refractivity contribution in [2.24, 2.45) is 0 Å². The Morgan fingerprint density at radius 1 is 1.09 bits per heavy atom. The van der Waals surface area contributed by atoms with E-state index in [2.05, 4.69) is 20.3 Å². The first-order chi connectivity index (χ1) is 20.9. The molecule has 1 aliphatic rings. The third kappa shape index (κ3) is 4.51. The fraction of sp³-hybridized carbons (Fsp3) is 0.226. The Hall–Kier alpha value is -5.09. The van der Waals surface area contributed by atoms with Gasteiger partial charge in [-0.25, -0.2) is 9.37 Å². The van der Waals surface area contributed by atoms with Crippen LogP contribution in [-0.4, -0.2) is 61.3 Å². The normalized spacial score (nSPS) is 21.9. The van der Waals surface area contributed by atoms with E-state index in [1.54, 1.807) is 13.2 Å². The molecule has 0 saturated carbocycles. The number of nitriles is 1. The molecule has 4 atom stereocenters. The lowest BCUT2D eigenvalue weighted by atomic mass is 9.77. The van der Waals surface area contributed by atoms with Gasteiger partial charge in [0.05, 0.1) is 20.0 Å². The highest BCUT2D eigenvalue weighted by Gasteiger charge is 2.57. The van der Waals surface area contributed by atoms with Crippen molar-refractivity contribution < 1.29 is 24.1 Å². The molecule has 0 aliphatic carbocycles. The zero-order valence-corrected chi connectivity index (χ0v) is 22.9. The highest BCUT2D eigenvalue weighted by molar-refractivity contribution is 5.71. The van der Waals surface area contributed by atoms with E-state index in [9.17, 15) is 20.3 Å². The molecule has 2 aromatic heterocycles. The number of ether oxygens (including phenoxy) is 2. The van der Waals surface area contributed by atoms with Crippen molar-refractivity contribution in [2.45, 2.75) is 29.6 Å². The summed E-state index contributed by atoms with van der Waals surface area (Å²) >= 11 is 0. The van der Waals surface area contributed by atoms with Crippen LogP contribution in [-0.2, 0) is 10.3 Å². The molecule has 1 fully saturated rings. The quantitative estimate of drug-likeness (QED) is 0.202. The van der Waals surface area contributed by atoms with E-state index >= 15 is 4.39 Å². The molecule has 0 amide bonds. The second-order valence-corrected chi connectivity index (χ2v) is 10.1. The number of aromatic nitrogens is 4. The number of nitrogens with one attached hydrogen (secondary N) is 2. The lowest BCUT2D eigenvalue weighted by Gasteiger charge is -2.37. The summed E-state index contributed by atoms with van der Waals surface area (Å²) in [6, 6.07) is 28.3. The largest absolute Gasteiger partial charge is 0.497 e. The smallest absolute Gasteiger partial charge is 0.280 e. The average molecular weight is 583 g/mol. The summed E-state index contributed by atoms with van der Waals surface area (Å²) in [7, 11) is 1.58. The number of hydrogen-bond donors (Lipinski definition) is 4. The van der Waals surface area contributed by atoms with Crippen molar-refractivity contribution in [3.05, 3.63) is 118 Å². The van der Waals surface area contributed by atoms with Crippen molar-refractivity contribution in [2.75, 3.05) is 19.0 Å². The molecular weight excluding hydrogens is 555 g/mol. The lowest BCUT2D eigenvalue weighted by Crippen LogP contribution is -2.44. The summed E-state index contributed by atoms with van der Waals surface area (Å²) in [6.07, 6.45) is -4.49. The van der Waals surface area contributed by atoms with Crippen LogP contribution in [0.5, 0.6) is 5.75 Å². The van der Waals surface area contributed by atoms with Crippen LogP contribution in [0.25, 0.3) is 11.2 Å². The summed E-state index contributed by atoms with van der Waals surface area (Å²) in [4.78, 5) is 24.8. The highest BCUT2D eigenvalue weighted by Crippen LogP contribution is 2.41. The Morgan fingerprint density at radius 2 is 1.70 bits per heavy atom. The summed E-state index contributed by atoms with van der Waals surface area (Å²) in [6.45, 7) is -0.937. The zero-order valence-electron chi connectivity index (χ0n) is 22.9. The first kappa shape index (κ1) is 28.0. The van der Waals surface area contributed by atoms with Crippen LogP contribution in [0.3, 0.4) is 0 Å². The number of aliphatic hydroxyl groups excluding tert-OH is 2. The second-order valence-electron chi connectivity index (χ2n) is 10.1. The number of fused-ring (bicyclic) bond motifs is 1. The molecular formula is C31H27FN6O5. The minimum atomic E-state index is -2.19. The van der Waals surface area contributed by atoms with E-state index < -0.39 is 41.8 Å². The fourth-order valence-electron chi connectivity index (χ4n) is 5.52. The molecule has 0 bridgehead atoms. The van der Waals surface area contributed by atoms with Crippen LogP contribution in [0.15, 0.2) is 96.1 Å². The van der Waals surface area contributed by atoms with E-state index in [1.807, 2.05) is 84.9 Å². The number of hydrogen-bond acceptors (Lipinski definition) is 9. The topological polar surface area (TPSA) is 158 Å². The molecule has 3 heterocycles. The molecule has 1 aliphatic heterocycles. The maximum atomic E-state index is 15.3. The number of halogens is 1. The molecule has 43 heavy (non-hydrogen) atoms. The number of alkyl halides is 1. The first-order valence-electron chi connectivity index (χ1n) is 13.4. The van der Waals surface area contributed by atoms with Gasteiger partial charge in [0.1, 0.15) is 23.5 Å². The van der Waals surface area contributed by atoms with Gasteiger partial charge in [0.2, 0.25) is 11.5 Å². The van der Waals surface area contributed by atoms with E-state index in [4.69, 9.17) is 9.47 Å². The van der Waals surface area contributed by atoms with Crippen molar-refractivity contribution in [3.8, 4) is 11.8 Å². The van der Waals surface area contributed by atoms with Crippen molar-refractivity contribution in [3.63, 3.8) is 0 Å². The Labute approximate surface area is 244 Å². The van der Waals surface area contributed by atoms with Crippen LogP contribution >= 0.6 is 0 Å². The number of rotatable bonds is 8. The van der Waals surface area contributed by atoms with Crippen LogP contribution in [0.2, 0.25) is 0 Å². The molecule has 4 N–H and O–H groups in total. The van der Waals surface area contributed by atoms with Gasteiger partial charge in [0.15, 0.2) is 23.6 Å². The number of benzene rings is 3.